The van der Waals surface area contributed by atoms with Crippen molar-refractivity contribution < 1.29 is 19.1 Å². The van der Waals surface area contributed by atoms with Crippen LogP contribution in [0.5, 0.6) is 11.5 Å². The van der Waals surface area contributed by atoms with Crippen molar-refractivity contribution in [2.45, 2.75) is 46.3 Å². The second-order valence-corrected chi connectivity index (χ2v) is 8.81. The molecule has 0 saturated heterocycles. The summed E-state index contributed by atoms with van der Waals surface area (Å²) in [5.41, 5.74) is 2.82. The molecule has 0 bridgehead atoms. The Labute approximate surface area is 197 Å². The molecule has 8 heteroatoms. The van der Waals surface area contributed by atoms with E-state index in [0.717, 1.165) is 16.3 Å². The molecule has 1 N–H and O–H groups in total. The van der Waals surface area contributed by atoms with Crippen molar-refractivity contribution >= 4 is 34.5 Å². The lowest BCUT2D eigenvalue weighted by Crippen LogP contribution is -2.53. The van der Waals surface area contributed by atoms with Gasteiger partial charge in [-0.2, -0.15) is 0 Å². The van der Waals surface area contributed by atoms with Crippen LogP contribution in [0, 0.1) is 6.92 Å². The van der Waals surface area contributed by atoms with Gasteiger partial charge in [0.15, 0.2) is 6.10 Å². The van der Waals surface area contributed by atoms with Crippen molar-refractivity contribution in [3.05, 3.63) is 52.9 Å². The normalized spacial score (nSPS) is 16.1. The fraction of sp³-hybridized carbons (Fsp3) is 0.320. The third-order valence-electron chi connectivity index (χ3n) is 5.50. The lowest BCUT2D eigenvalue weighted by molar-refractivity contribution is -0.129. The fourth-order valence-electron chi connectivity index (χ4n) is 3.80. The molecule has 2 heterocycles. The molecule has 1 aliphatic rings. The molecule has 2 unspecified atom stereocenters. The summed E-state index contributed by atoms with van der Waals surface area (Å²) in [7, 11) is 0. The first-order valence-electron chi connectivity index (χ1n) is 11.0. The molecule has 7 nitrogen and oxygen atoms in total. The minimum Gasteiger partial charge on any atom is -0.492 e. The number of ether oxygens (including phenoxy) is 2. The van der Waals surface area contributed by atoms with Crippen LogP contribution in [0.4, 0.5) is 11.4 Å². The topological polar surface area (TPSA) is 80.8 Å². The molecule has 33 heavy (non-hydrogen) atoms. The summed E-state index contributed by atoms with van der Waals surface area (Å²) in [5.74, 6) is 0.610. The number of nitrogens with zero attached hydrogens (tertiary/aromatic N) is 2. The van der Waals surface area contributed by atoms with Crippen LogP contribution in [0.3, 0.4) is 0 Å². The fourth-order valence-corrected chi connectivity index (χ4v) is 4.42. The van der Waals surface area contributed by atoms with E-state index in [-0.39, 0.29) is 11.8 Å². The zero-order valence-electron chi connectivity index (χ0n) is 19.1. The van der Waals surface area contributed by atoms with E-state index in [1.54, 1.807) is 30.4 Å². The van der Waals surface area contributed by atoms with Crippen LogP contribution in [0.2, 0.25) is 0 Å². The highest BCUT2D eigenvalue weighted by Gasteiger charge is 2.38. The number of hydrogen-bond acceptors (Lipinski definition) is 6. The lowest BCUT2D eigenvalue weighted by Gasteiger charge is -2.37. The number of hydrogen-bond donors (Lipinski definition) is 1. The predicted octanol–water partition coefficient (Wildman–Crippen LogP) is 5.05. The Hall–Kier alpha value is -3.39. The number of thiazole rings is 1. The second kappa shape index (κ2) is 9.62. The Bertz CT molecular complexity index is 1180. The summed E-state index contributed by atoms with van der Waals surface area (Å²) >= 11 is 1.56. The van der Waals surface area contributed by atoms with Crippen molar-refractivity contribution in [2.24, 2.45) is 0 Å². The highest BCUT2D eigenvalue weighted by Crippen LogP contribution is 2.39. The average molecular weight is 466 g/mol. The van der Waals surface area contributed by atoms with Crippen molar-refractivity contribution in [2.75, 3.05) is 16.8 Å². The third-order valence-corrected chi connectivity index (χ3v) is 6.27. The largest absolute Gasteiger partial charge is 0.492 e. The highest BCUT2D eigenvalue weighted by atomic mass is 32.1. The second-order valence-electron chi connectivity index (χ2n) is 7.75. The highest BCUT2D eigenvalue weighted by molar-refractivity contribution is 7.09. The van der Waals surface area contributed by atoms with Gasteiger partial charge in [-0.25, -0.2) is 4.98 Å². The van der Waals surface area contributed by atoms with Gasteiger partial charge in [0.1, 0.15) is 17.5 Å². The van der Waals surface area contributed by atoms with Crippen LogP contribution >= 0.6 is 11.3 Å². The molecular weight excluding hydrogens is 438 g/mol. The van der Waals surface area contributed by atoms with E-state index < -0.39 is 12.1 Å². The van der Waals surface area contributed by atoms with E-state index in [2.05, 4.69) is 10.3 Å². The number of para-hydroxylation sites is 2. The van der Waals surface area contributed by atoms with E-state index in [4.69, 9.17) is 9.47 Å². The number of fused-ring (bicyclic) bond motifs is 1. The van der Waals surface area contributed by atoms with Crippen molar-refractivity contribution in [1.29, 1.82) is 0 Å². The number of carbonyl (C=O) groups excluding carboxylic acids is 2. The maximum atomic E-state index is 13.3. The molecule has 0 aliphatic carbocycles. The molecule has 0 radical (unpaired) electrons. The number of aromatic nitrogens is 1. The summed E-state index contributed by atoms with van der Waals surface area (Å²) in [6.07, 6.45) is -0.139. The molecule has 2 amide bonds. The zero-order chi connectivity index (χ0) is 23.5. The minimum atomic E-state index is -0.767. The molecule has 172 valence electrons. The Morgan fingerprint density at radius 2 is 2.06 bits per heavy atom. The maximum Gasteiger partial charge on any atom is 0.268 e. The number of rotatable bonds is 7. The van der Waals surface area contributed by atoms with Gasteiger partial charge in [0.25, 0.3) is 5.91 Å². The van der Waals surface area contributed by atoms with Gasteiger partial charge in [-0.3, -0.25) is 14.5 Å². The van der Waals surface area contributed by atoms with Gasteiger partial charge >= 0.3 is 0 Å². The lowest BCUT2D eigenvalue weighted by atomic mass is 10.0. The van der Waals surface area contributed by atoms with Crippen LogP contribution < -0.4 is 19.7 Å². The standard InChI is InChI=1S/C25H27N3O4S/c1-5-21-25(30)28(15(3)24(29)27-18-9-7-8-10-22(18)31-6-2)20-13-17(11-12-23(20)32-21)19-14-33-16(4)26-19/h7-15,21H,5-6H2,1-4H3,(H,27,29). The quantitative estimate of drug-likeness (QED) is 0.528. The maximum absolute atomic E-state index is 13.3. The van der Waals surface area contributed by atoms with Gasteiger partial charge in [-0.15, -0.1) is 11.3 Å². The summed E-state index contributed by atoms with van der Waals surface area (Å²) < 4.78 is 11.6. The molecule has 2 aromatic carbocycles. The first-order chi connectivity index (χ1) is 15.9. The molecule has 0 fully saturated rings. The monoisotopic (exact) mass is 465 g/mol. The van der Waals surface area contributed by atoms with E-state index in [1.165, 1.54) is 4.90 Å². The summed E-state index contributed by atoms with van der Waals surface area (Å²) in [5, 5.41) is 5.85. The van der Waals surface area contributed by atoms with Gasteiger partial charge < -0.3 is 14.8 Å². The van der Waals surface area contributed by atoms with Crippen molar-refractivity contribution in [3.63, 3.8) is 0 Å². The molecule has 1 aromatic heterocycles. The van der Waals surface area contributed by atoms with Gasteiger partial charge in [-0.1, -0.05) is 19.1 Å². The van der Waals surface area contributed by atoms with E-state index in [1.807, 2.05) is 56.5 Å². The summed E-state index contributed by atoms with van der Waals surface area (Å²) in [4.78, 5) is 32.7. The van der Waals surface area contributed by atoms with Crippen molar-refractivity contribution in [3.8, 4) is 22.8 Å². The van der Waals surface area contributed by atoms with Gasteiger partial charge in [0.05, 0.1) is 28.7 Å². The van der Waals surface area contributed by atoms with E-state index in [0.29, 0.717) is 35.9 Å². The number of anilines is 2. The van der Waals surface area contributed by atoms with Gasteiger partial charge in [0.2, 0.25) is 5.91 Å². The smallest absolute Gasteiger partial charge is 0.268 e. The van der Waals surface area contributed by atoms with Crippen LogP contribution in [-0.2, 0) is 9.59 Å². The van der Waals surface area contributed by atoms with Crippen LogP contribution in [0.15, 0.2) is 47.8 Å². The minimum absolute atomic E-state index is 0.239. The van der Waals surface area contributed by atoms with Gasteiger partial charge in [-0.05, 0) is 57.5 Å². The van der Waals surface area contributed by atoms with Crippen LogP contribution in [0.1, 0.15) is 32.2 Å². The Morgan fingerprint density at radius 1 is 1.27 bits per heavy atom. The SMILES string of the molecule is CCOc1ccccc1NC(=O)C(C)N1C(=O)C(CC)Oc2ccc(-c3csc(C)n3)cc21. The van der Waals surface area contributed by atoms with Crippen LogP contribution in [-0.4, -0.2) is 35.6 Å². The summed E-state index contributed by atoms with van der Waals surface area (Å²) in [6.45, 7) is 7.93. The molecule has 0 spiro atoms. The number of amides is 2. The average Bonchev–Trinajstić information content (AvgIpc) is 3.25. The zero-order valence-corrected chi connectivity index (χ0v) is 19.9. The number of aryl methyl sites for hydroxylation is 1. The molecule has 1 aliphatic heterocycles. The van der Waals surface area contributed by atoms with E-state index >= 15 is 0 Å². The molecule has 2 atom stereocenters. The van der Waals surface area contributed by atoms with Gasteiger partial charge in [0, 0.05) is 10.9 Å². The first-order valence-corrected chi connectivity index (χ1v) is 11.9. The Kier molecular flexibility index (Phi) is 6.65. The Morgan fingerprint density at radius 3 is 2.76 bits per heavy atom. The van der Waals surface area contributed by atoms with E-state index in [9.17, 15) is 9.59 Å². The molecule has 0 saturated carbocycles. The predicted molar refractivity (Wildman–Crippen MR) is 130 cm³/mol. The van der Waals surface area contributed by atoms with Crippen LogP contribution in [0.25, 0.3) is 11.3 Å². The Balaban J connectivity index is 1.68. The number of benzene rings is 2. The third kappa shape index (κ3) is 4.57. The molecular formula is C25H27N3O4S. The summed E-state index contributed by atoms with van der Waals surface area (Å²) in [6, 6.07) is 12.1. The molecule has 4 rings (SSSR count). The van der Waals surface area contributed by atoms with Crippen molar-refractivity contribution in [1.82, 2.24) is 4.98 Å². The molecule has 3 aromatic rings. The number of carbonyl (C=O) groups is 2. The number of nitrogens with one attached hydrogen (secondary N) is 1. The first kappa shape index (κ1) is 22.8.